The molecule has 2 fully saturated rings. The molecule has 2 saturated carbocycles. The predicted octanol–water partition coefficient (Wildman–Crippen LogP) is 8.96. The summed E-state index contributed by atoms with van der Waals surface area (Å²) in [7, 11) is 0. The van der Waals surface area contributed by atoms with E-state index in [4.69, 9.17) is 0 Å². The Morgan fingerprint density at radius 1 is 0.750 bits per heavy atom. The van der Waals surface area contributed by atoms with Crippen molar-refractivity contribution in [2.45, 2.75) is 103 Å². The Balaban J connectivity index is 1.36. The number of unbranched alkanes of at least 4 members (excludes halogenated alkanes) is 1. The van der Waals surface area contributed by atoms with Crippen LogP contribution in [0.15, 0.2) is 24.3 Å². The smallest absolute Gasteiger partial charge is 0.426 e. The van der Waals surface area contributed by atoms with Gasteiger partial charge in [0.15, 0.2) is 0 Å². The Bertz CT molecular complexity index is 668. The average Bonchev–Trinajstić information content (AvgIpc) is 2.77. The molecule has 0 atom stereocenters. The van der Waals surface area contributed by atoms with E-state index in [1.807, 2.05) is 0 Å². The number of ether oxygens (including phenoxy) is 1. The van der Waals surface area contributed by atoms with E-state index >= 15 is 0 Å². The summed E-state index contributed by atoms with van der Waals surface area (Å²) in [5.41, 5.74) is 0.945. The minimum absolute atomic E-state index is 0.471. The van der Waals surface area contributed by atoms with Crippen LogP contribution in [0.2, 0.25) is 0 Å². The summed E-state index contributed by atoms with van der Waals surface area (Å²) in [6, 6.07) is 5.57. The lowest BCUT2D eigenvalue weighted by atomic mass is 9.68. The molecule has 1 aromatic carbocycles. The fraction of sp³-hybridized carbons (Fsp3) is 0.769. The lowest BCUT2D eigenvalue weighted by molar-refractivity contribution is -0.360. The number of rotatable bonds is 9. The quantitative estimate of drug-likeness (QED) is 0.334. The first-order chi connectivity index (χ1) is 15.2. The molecule has 1 aromatic rings. The fourth-order valence-corrected chi connectivity index (χ4v) is 5.69. The summed E-state index contributed by atoms with van der Waals surface area (Å²) in [5.74, 6) is 2.96. The molecule has 0 aliphatic heterocycles. The molecule has 0 spiro atoms. The molecule has 182 valence electrons. The van der Waals surface area contributed by atoms with Crippen molar-refractivity contribution in [3.05, 3.63) is 29.8 Å². The van der Waals surface area contributed by atoms with Crippen LogP contribution < -0.4 is 4.74 Å². The van der Waals surface area contributed by atoms with Gasteiger partial charge >= 0.3 is 12.3 Å². The summed E-state index contributed by atoms with van der Waals surface area (Å²) < 4.78 is 66.6. The third-order valence-electron chi connectivity index (χ3n) is 7.76. The first kappa shape index (κ1) is 25.3. The second kappa shape index (κ2) is 11.2. The molecule has 0 heterocycles. The van der Waals surface area contributed by atoms with E-state index in [9.17, 15) is 22.0 Å². The van der Waals surface area contributed by atoms with Crippen LogP contribution in [0, 0.1) is 23.7 Å². The minimum Gasteiger partial charge on any atom is -0.426 e. The van der Waals surface area contributed by atoms with Crippen LogP contribution in [0.3, 0.4) is 0 Å². The summed E-state index contributed by atoms with van der Waals surface area (Å²) in [6.45, 7) is 2.27. The normalized spacial score (nSPS) is 27.3. The van der Waals surface area contributed by atoms with Crippen molar-refractivity contribution in [1.82, 2.24) is 0 Å². The third kappa shape index (κ3) is 7.08. The van der Waals surface area contributed by atoms with Gasteiger partial charge in [-0.1, -0.05) is 64.0 Å². The second-order valence-corrected chi connectivity index (χ2v) is 10.0. The summed E-state index contributed by atoms with van der Waals surface area (Å²) in [4.78, 5) is 0. The van der Waals surface area contributed by atoms with Gasteiger partial charge in [-0.3, -0.25) is 0 Å². The number of benzene rings is 1. The molecule has 0 aromatic heterocycles. The van der Waals surface area contributed by atoms with Gasteiger partial charge in [0.2, 0.25) is 0 Å². The SMILES string of the molecule is CCCCC1CCC(C2CCC(CCc3ccc(OC(F)(F)C(F)(F)F)cc3)CC2)CC1. The molecule has 1 nitrogen and oxygen atoms in total. The van der Waals surface area contributed by atoms with Gasteiger partial charge in [-0.05, 0) is 79.9 Å². The largest absolute Gasteiger partial charge is 0.499 e. The highest BCUT2D eigenvalue weighted by Crippen LogP contribution is 2.43. The van der Waals surface area contributed by atoms with Gasteiger partial charge in [0.05, 0.1) is 0 Å². The highest BCUT2D eigenvalue weighted by Gasteiger charge is 2.61. The molecule has 0 unspecified atom stereocenters. The summed E-state index contributed by atoms with van der Waals surface area (Å²) >= 11 is 0. The van der Waals surface area contributed by atoms with E-state index in [2.05, 4.69) is 11.7 Å². The first-order valence-corrected chi connectivity index (χ1v) is 12.4. The van der Waals surface area contributed by atoms with Crippen molar-refractivity contribution in [2.24, 2.45) is 23.7 Å². The van der Waals surface area contributed by atoms with Crippen LogP contribution in [0.4, 0.5) is 22.0 Å². The van der Waals surface area contributed by atoms with E-state index in [-0.39, 0.29) is 0 Å². The van der Waals surface area contributed by atoms with Gasteiger partial charge in [0.1, 0.15) is 5.75 Å². The lowest BCUT2D eigenvalue weighted by Gasteiger charge is -2.38. The van der Waals surface area contributed by atoms with Crippen molar-refractivity contribution in [3.8, 4) is 5.75 Å². The van der Waals surface area contributed by atoms with Gasteiger partial charge in [-0.15, -0.1) is 0 Å². The number of aryl methyl sites for hydroxylation is 1. The van der Waals surface area contributed by atoms with E-state index in [1.54, 1.807) is 12.1 Å². The number of hydrogen-bond acceptors (Lipinski definition) is 1. The van der Waals surface area contributed by atoms with Gasteiger partial charge < -0.3 is 4.74 Å². The molecule has 6 heteroatoms. The van der Waals surface area contributed by atoms with Crippen molar-refractivity contribution < 1.29 is 26.7 Å². The van der Waals surface area contributed by atoms with Crippen molar-refractivity contribution in [2.75, 3.05) is 0 Å². The summed E-state index contributed by atoms with van der Waals surface area (Å²) in [5, 5.41) is 0. The Labute approximate surface area is 189 Å². The van der Waals surface area contributed by atoms with Gasteiger partial charge in [0, 0.05) is 0 Å². The maximum absolute atomic E-state index is 13.0. The molecular weight excluding hydrogens is 423 g/mol. The van der Waals surface area contributed by atoms with Crippen LogP contribution in [-0.2, 0) is 6.42 Å². The Morgan fingerprint density at radius 2 is 1.25 bits per heavy atom. The zero-order chi connectivity index (χ0) is 23.2. The molecule has 0 N–H and O–H groups in total. The second-order valence-electron chi connectivity index (χ2n) is 10.0. The predicted molar refractivity (Wildman–Crippen MR) is 117 cm³/mol. The van der Waals surface area contributed by atoms with E-state index in [0.717, 1.165) is 36.2 Å². The van der Waals surface area contributed by atoms with Gasteiger partial charge in [0.25, 0.3) is 0 Å². The van der Waals surface area contributed by atoms with Gasteiger partial charge in [-0.25, -0.2) is 0 Å². The molecule has 3 rings (SSSR count). The molecule has 32 heavy (non-hydrogen) atoms. The molecular formula is C26H37F5O. The van der Waals surface area contributed by atoms with Crippen molar-refractivity contribution >= 4 is 0 Å². The number of hydrogen-bond donors (Lipinski definition) is 0. The third-order valence-corrected chi connectivity index (χ3v) is 7.76. The lowest BCUT2D eigenvalue weighted by Crippen LogP contribution is -2.41. The molecule has 0 bridgehead atoms. The first-order valence-electron chi connectivity index (χ1n) is 12.4. The highest BCUT2D eigenvalue weighted by atomic mass is 19.4. The summed E-state index contributed by atoms with van der Waals surface area (Å²) in [6.07, 6.45) is 5.81. The molecule has 0 amide bonds. The zero-order valence-electron chi connectivity index (χ0n) is 19.1. The molecule has 0 saturated heterocycles. The monoisotopic (exact) mass is 460 g/mol. The Morgan fingerprint density at radius 3 is 1.72 bits per heavy atom. The molecule has 0 radical (unpaired) electrons. The number of halogens is 5. The van der Waals surface area contributed by atoms with E-state index in [1.165, 1.54) is 82.8 Å². The minimum atomic E-state index is -5.72. The van der Waals surface area contributed by atoms with E-state index < -0.39 is 18.0 Å². The zero-order valence-corrected chi connectivity index (χ0v) is 19.1. The highest BCUT2D eigenvalue weighted by molar-refractivity contribution is 5.27. The maximum atomic E-state index is 13.0. The van der Waals surface area contributed by atoms with Crippen LogP contribution in [-0.4, -0.2) is 12.3 Å². The molecule has 2 aliphatic rings. The average molecular weight is 461 g/mol. The Hall–Kier alpha value is -1.33. The van der Waals surface area contributed by atoms with Crippen LogP contribution in [0.25, 0.3) is 0 Å². The van der Waals surface area contributed by atoms with E-state index in [0.29, 0.717) is 5.92 Å². The molecule has 2 aliphatic carbocycles. The topological polar surface area (TPSA) is 9.23 Å². The van der Waals surface area contributed by atoms with Crippen molar-refractivity contribution in [3.63, 3.8) is 0 Å². The van der Waals surface area contributed by atoms with Gasteiger partial charge in [-0.2, -0.15) is 22.0 Å². The number of alkyl halides is 5. The Kier molecular flexibility index (Phi) is 8.85. The van der Waals surface area contributed by atoms with Crippen LogP contribution in [0.1, 0.15) is 89.5 Å². The van der Waals surface area contributed by atoms with Crippen molar-refractivity contribution in [1.29, 1.82) is 0 Å². The fourth-order valence-electron chi connectivity index (χ4n) is 5.69. The maximum Gasteiger partial charge on any atom is 0.499 e. The van der Waals surface area contributed by atoms with Crippen LogP contribution in [0.5, 0.6) is 5.75 Å². The standard InChI is InChI=1S/C26H37F5O/c1-2-3-4-19-7-13-22(14-8-19)23-15-9-20(10-16-23)5-6-21-11-17-24(18-12-21)32-26(30,31)25(27,28)29/h11-12,17-20,22-23H,2-10,13-16H2,1H3. The van der Waals surface area contributed by atoms with Crippen LogP contribution >= 0.6 is 0 Å².